The summed E-state index contributed by atoms with van der Waals surface area (Å²) in [6.07, 6.45) is 2.88. The number of hydrogen-bond donors (Lipinski definition) is 2. The van der Waals surface area contributed by atoms with Crippen molar-refractivity contribution < 1.29 is 35.9 Å². The quantitative estimate of drug-likeness (QED) is 0.234. The van der Waals surface area contributed by atoms with Crippen molar-refractivity contribution in [3.63, 3.8) is 0 Å². The number of carboxylic acid groups (broad SMARTS) is 1. The number of likely N-dealkylation sites (tertiary alicyclic amines) is 1. The summed E-state index contributed by atoms with van der Waals surface area (Å²) in [6.45, 7) is 2.87. The summed E-state index contributed by atoms with van der Waals surface area (Å²) in [5, 5.41) is 6.89. The number of sulfonamides is 1. The zero-order valence-corrected chi connectivity index (χ0v) is 27.1. The van der Waals surface area contributed by atoms with Crippen LogP contribution in [0.2, 0.25) is 0 Å². The monoisotopic (exact) mass is 680 g/mol. The highest BCUT2D eigenvalue weighted by atomic mass is 32.2. The maximum absolute atomic E-state index is 15.4. The van der Waals surface area contributed by atoms with Gasteiger partial charge in [-0.05, 0) is 102 Å². The Labute approximate surface area is 272 Å². The largest absolute Gasteiger partial charge is 0.483 e. The summed E-state index contributed by atoms with van der Waals surface area (Å²) in [5.74, 6) is -0.852. The molecule has 5 rings (SSSR count). The van der Waals surface area contributed by atoms with Crippen LogP contribution in [0.15, 0.2) is 66.0 Å². The van der Waals surface area contributed by atoms with Crippen LogP contribution in [-0.2, 0) is 27.4 Å². The molecule has 2 aliphatic rings. The van der Waals surface area contributed by atoms with Gasteiger partial charge in [-0.1, -0.05) is 18.2 Å². The van der Waals surface area contributed by atoms with E-state index in [1.54, 1.807) is 12.1 Å². The lowest BCUT2D eigenvalue weighted by molar-refractivity contribution is -0.137. The van der Waals surface area contributed by atoms with E-state index in [-0.39, 0.29) is 17.8 Å². The molecule has 2 aliphatic heterocycles. The Hall–Kier alpha value is -3.82. The Morgan fingerprint density at radius 2 is 1.85 bits per heavy atom. The summed E-state index contributed by atoms with van der Waals surface area (Å²) in [7, 11) is -0.0138. The number of aryl methyl sites for hydroxylation is 1. The number of nitrogens with zero attached hydrogens (tertiary/aromatic N) is 5. The Morgan fingerprint density at radius 3 is 2.49 bits per heavy atom. The first-order valence-corrected chi connectivity index (χ1v) is 16.7. The number of likely N-dealkylation sites (N-methyl/N-ethyl adjacent to an activating group) is 1. The molecule has 0 unspecified atom stereocenters. The van der Waals surface area contributed by atoms with E-state index in [4.69, 9.17) is 9.90 Å². The first-order valence-electron chi connectivity index (χ1n) is 15.3. The van der Waals surface area contributed by atoms with Crippen LogP contribution in [0, 0.1) is 5.82 Å². The predicted octanol–water partition coefficient (Wildman–Crippen LogP) is 5.13. The molecule has 2 fully saturated rings. The van der Waals surface area contributed by atoms with Crippen LogP contribution < -0.4 is 9.62 Å². The number of rotatable bonds is 9. The third-order valence-corrected chi connectivity index (χ3v) is 10.5. The number of alkyl halides is 3. The van der Waals surface area contributed by atoms with E-state index >= 15 is 4.39 Å². The van der Waals surface area contributed by atoms with E-state index < -0.39 is 32.5 Å². The molecule has 0 aliphatic carbocycles. The first kappa shape index (κ1) is 36.0. The van der Waals surface area contributed by atoms with Crippen LogP contribution in [0.25, 0.3) is 0 Å². The average Bonchev–Trinajstić information content (AvgIpc) is 3.04. The number of nitrogens with one attached hydrogen (secondary N) is 1. The normalized spacial score (nSPS) is 19.6. The Morgan fingerprint density at radius 1 is 1.13 bits per heavy atom. The molecule has 2 N–H and O–H groups in total. The van der Waals surface area contributed by atoms with Gasteiger partial charge in [0.15, 0.2) is 0 Å². The summed E-state index contributed by atoms with van der Waals surface area (Å²) in [4.78, 5) is 22.3. The van der Waals surface area contributed by atoms with E-state index in [2.05, 4.69) is 43.5 Å². The van der Waals surface area contributed by atoms with Crippen LogP contribution >= 0.6 is 0 Å². The topological polar surface area (TPSA) is 119 Å². The van der Waals surface area contributed by atoms with Gasteiger partial charge in [0.1, 0.15) is 22.9 Å². The zero-order chi connectivity index (χ0) is 34.2. The lowest BCUT2D eigenvalue weighted by atomic mass is 9.80. The third-order valence-electron chi connectivity index (χ3n) is 9.06. The molecule has 3 heterocycles. The molecule has 2 saturated heterocycles. The molecule has 256 valence electrons. The van der Waals surface area contributed by atoms with Gasteiger partial charge in [0.2, 0.25) is 0 Å². The van der Waals surface area contributed by atoms with Gasteiger partial charge in [-0.3, -0.25) is 14.4 Å². The van der Waals surface area contributed by atoms with Crippen molar-refractivity contribution in [2.45, 2.75) is 61.2 Å². The van der Waals surface area contributed by atoms with Crippen molar-refractivity contribution in [2.75, 3.05) is 49.9 Å². The number of aromatic nitrogens is 2. The van der Waals surface area contributed by atoms with Crippen LogP contribution in [-0.4, -0.2) is 91.6 Å². The Balaban J connectivity index is 0.00000160. The predicted molar refractivity (Wildman–Crippen MR) is 170 cm³/mol. The highest BCUT2D eigenvalue weighted by Gasteiger charge is 2.42. The van der Waals surface area contributed by atoms with Crippen molar-refractivity contribution in [3.05, 3.63) is 78.0 Å². The van der Waals surface area contributed by atoms with Crippen molar-refractivity contribution in [2.24, 2.45) is 0 Å². The second kappa shape index (κ2) is 15.4. The maximum Gasteiger partial charge on any atom is 0.416 e. The third kappa shape index (κ3) is 9.17. The van der Waals surface area contributed by atoms with E-state index in [0.717, 1.165) is 44.8 Å². The number of piperidine rings is 2. The van der Waals surface area contributed by atoms with Gasteiger partial charge in [-0.15, -0.1) is 0 Å². The van der Waals surface area contributed by atoms with Crippen LogP contribution in [0.4, 0.5) is 29.1 Å². The van der Waals surface area contributed by atoms with Gasteiger partial charge in [-0.25, -0.2) is 22.8 Å². The highest BCUT2D eigenvalue weighted by molar-refractivity contribution is 7.92. The van der Waals surface area contributed by atoms with E-state index in [1.165, 1.54) is 42.9 Å². The van der Waals surface area contributed by atoms with Gasteiger partial charge in [0.05, 0.1) is 5.56 Å². The smallest absolute Gasteiger partial charge is 0.416 e. The maximum atomic E-state index is 15.4. The standard InChI is InChI=1S/C31H38F4N6O2S.CH2O2/c1-39-17-11-25(12-18-39)40(2)30(14-9-23-5-3-6-24(19-23)31(33,34)35)13-4-16-41(21-30)26-7-8-28(27(32)20-26)44(42,43)38-29-10-15-36-22-37-29;2-1-3/h3,5-8,10,15,19-20,22,25H,4,9,11-14,16-18,21H2,1-2H3,(H,36,37,38);1H,(H,2,3)/t30-;/m0./s1. The van der Waals surface area contributed by atoms with Crippen molar-refractivity contribution in [1.29, 1.82) is 0 Å². The first-order chi connectivity index (χ1) is 22.3. The van der Waals surface area contributed by atoms with Crippen LogP contribution in [0.5, 0.6) is 0 Å². The summed E-state index contributed by atoms with van der Waals surface area (Å²) >= 11 is 0. The molecule has 0 saturated carbocycles. The van der Waals surface area contributed by atoms with E-state index in [0.29, 0.717) is 43.2 Å². The van der Waals surface area contributed by atoms with Crippen LogP contribution in [0.1, 0.15) is 43.2 Å². The fourth-order valence-corrected chi connectivity index (χ4v) is 7.57. The summed E-state index contributed by atoms with van der Waals surface area (Å²) < 4.78 is 83.8. The minimum Gasteiger partial charge on any atom is -0.483 e. The van der Waals surface area contributed by atoms with Gasteiger partial charge in [0, 0.05) is 36.6 Å². The SMILES string of the molecule is CN1CCC(N(C)[C@]2(CCc3cccc(C(F)(F)F)c3)CCCN(c3ccc(S(=O)(=O)Nc4ccncn4)c(F)c3)C2)CC1.O=CO. The molecule has 0 radical (unpaired) electrons. The van der Waals surface area contributed by atoms with Gasteiger partial charge in [-0.2, -0.15) is 13.2 Å². The van der Waals surface area contributed by atoms with E-state index in [9.17, 15) is 21.6 Å². The molecule has 0 spiro atoms. The number of anilines is 2. The lowest BCUT2D eigenvalue weighted by Gasteiger charge is -2.53. The fourth-order valence-electron chi connectivity index (χ4n) is 6.50. The zero-order valence-electron chi connectivity index (χ0n) is 26.3. The Bertz CT molecular complexity index is 1590. The molecule has 2 aromatic carbocycles. The van der Waals surface area contributed by atoms with Gasteiger partial charge >= 0.3 is 6.18 Å². The molecular formula is C32H40F4N6O4S. The number of carbonyl (C=O) groups is 1. The van der Waals surface area contributed by atoms with Crippen LogP contribution in [0.3, 0.4) is 0 Å². The number of hydrogen-bond acceptors (Lipinski definition) is 8. The molecule has 1 atom stereocenters. The fraction of sp³-hybridized carbons (Fsp3) is 0.469. The minimum absolute atomic E-state index is 0.0296. The summed E-state index contributed by atoms with van der Waals surface area (Å²) in [5.41, 5.74) is 0.161. The molecular weight excluding hydrogens is 640 g/mol. The van der Waals surface area contributed by atoms with E-state index in [1.807, 2.05) is 0 Å². The summed E-state index contributed by atoms with van der Waals surface area (Å²) in [6, 6.07) is 11.3. The molecule has 0 bridgehead atoms. The molecule has 1 aromatic heterocycles. The molecule has 15 heteroatoms. The molecule has 10 nitrogen and oxygen atoms in total. The second-order valence-electron chi connectivity index (χ2n) is 12.0. The second-order valence-corrected chi connectivity index (χ2v) is 13.7. The Kier molecular flexibility index (Phi) is 11.8. The molecule has 3 aromatic rings. The molecule has 0 amide bonds. The minimum atomic E-state index is -4.41. The number of benzene rings is 2. The van der Waals surface area contributed by atoms with Crippen molar-refractivity contribution in [1.82, 2.24) is 19.8 Å². The highest BCUT2D eigenvalue weighted by Crippen LogP contribution is 2.38. The number of halogens is 4. The molecule has 47 heavy (non-hydrogen) atoms. The van der Waals surface area contributed by atoms with Gasteiger partial charge < -0.3 is 14.9 Å². The average molecular weight is 681 g/mol. The van der Waals surface area contributed by atoms with Gasteiger partial charge in [0.25, 0.3) is 16.5 Å². The lowest BCUT2D eigenvalue weighted by Crippen LogP contribution is -2.61. The van der Waals surface area contributed by atoms with Crippen molar-refractivity contribution >= 4 is 28.0 Å². The van der Waals surface area contributed by atoms with Crippen molar-refractivity contribution in [3.8, 4) is 0 Å².